The lowest BCUT2D eigenvalue weighted by Gasteiger charge is -2.13. The molecule has 0 aliphatic carbocycles. The summed E-state index contributed by atoms with van der Waals surface area (Å²) in [4.78, 5) is 12.0. The van der Waals surface area contributed by atoms with E-state index in [1.807, 2.05) is 0 Å². The van der Waals surface area contributed by atoms with Crippen LogP contribution in [0.25, 0.3) is 0 Å². The lowest BCUT2D eigenvalue weighted by atomic mass is 10.0. The molecule has 19 heavy (non-hydrogen) atoms. The molecule has 0 saturated carbocycles. The molecule has 1 nitrogen and oxygen atoms in total. The average Bonchev–Trinajstić information content (AvgIpc) is 2.81. The molecular weight excluding hydrogens is 317 g/mol. The number of alkyl halides is 3. The molecule has 1 aromatic carbocycles. The van der Waals surface area contributed by atoms with Gasteiger partial charge in [-0.25, -0.2) is 0 Å². The highest BCUT2D eigenvalue weighted by Crippen LogP contribution is 2.44. The first-order valence-electron chi connectivity index (χ1n) is 5.27. The Morgan fingerprint density at radius 2 is 1.63 bits per heavy atom. The molecular formula is C12H8ClF3OS2. The van der Waals surface area contributed by atoms with Gasteiger partial charge in [0.15, 0.2) is 5.78 Å². The van der Waals surface area contributed by atoms with Crippen LogP contribution in [0.4, 0.5) is 13.2 Å². The zero-order valence-electron chi connectivity index (χ0n) is 9.46. The number of benzene rings is 1. The van der Waals surface area contributed by atoms with E-state index in [0.717, 1.165) is 23.5 Å². The Morgan fingerprint density at radius 1 is 1.11 bits per heavy atom. The molecule has 0 unspecified atom stereocenters. The van der Waals surface area contributed by atoms with Gasteiger partial charge < -0.3 is 0 Å². The van der Waals surface area contributed by atoms with Crippen molar-refractivity contribution in [2.24, 2.45) is 0 Å². The van der Waals surface area contributed by atoms with Gasteiger partial charge in [0.05, 0.1) is 4.24 Å². The molecule has 7 heteroatoms. The van der Waals surface area contributed by atoms with Crippen LogP contribution in [0, 0.1) is 0 Å². The molecule has 1 fully saturated rings. The van der Waals surface area contributed by atoms with Gasteiger partial charge in [0, 0.05) is 22.1 Å². The summed E-state index contributed by atoms with van der Waals surface area (Å²) in [5, 5.41) is 0.377. The largest absolute Gasteiger partial charge is 0.421 e. The highest BCUT2D eigenvalue weighted by molar-refractivity contribution is 8.25. The second kappa shape index (κ2) is 5.81. The maximum atomic E-state index is 13.1. The molecule has 1 aromatic rings. The van der Waals surface area contributed by atoms with Gasteiger partial charge in [-0.3, -0.25) is 4.79 Å². The van der Waals surface area contributed by atoms with Crippen molar-refractivity contribution in [1.82, 2.24) is 0 Å². The van der Waals surface area contributed by atoms with Crippen LogP contribution in [0.15, 0.2) is 34.1 Å². The third-order valence-corrected chi connectivity index (χ3v) is 5.34. The van der Waals surface area contributed by atoms with Crippen LogP contribution >= 0.6 is 35.1 Å². The smallest absolute Gasteiger partial charge is 0.289 e. The number of allylic oxidation sites excluding steroid dienone is 1. The molecule has 0 amide bonds. The summed E-state index contributed by atoms with van der Waals surface area (Å²) in [6, 6.07) is 5.42. The number of hydrogen-bond donors (Lipinski definition) is 0. The van der Waals surface area contributed by atoms with Crippen molar-refractivity contribution in [3.05, 3.63) is 44.7 Å². The summed E-state index contributed by atoms with van der Waals surface area (Å²) in [5.41, 5.74) is -1.07. The molecule has 0 N–H and O–H groups in total. The number of rotatable bonds is 2. The molecule has 1 heterocycles. The molecule has 0 aromatic heterocycles. The highest BCUT2D eigenvalue weighted by atomic mass is 35.5. The van der Waals surface area contributed by atoms with Crippen LogP contribution in [-0.4, -0.2) is 23.5 Å². The number of carbonyl (C=O) groups is 1. The number of halogens is 4. The van der Waals surface area contributed by atoms with Crippen LogP contribution < -0.4 is 0 Å². The normalized spacial score (nSPS) is 15.7. The average molecular weight is 325 g/mol. The van der Waals surface area contributed by atoms with E-state index in [4.69, 9.17) is 11.6 Å². The summed E-state index contributed by atoms with van der Waals surface area (Å²) in [6.45, 7) is 0. The molecule has 1 saturated heterocycles. The molecule has 1 aliphatic heterocycles. The minimum absolute atomic E-state index is 0.00248. The number of carbonyl (C=O) groups excluding carboxylic acids is 1. The van der Waals surface area contributed by atoms with Crippen molar-refractivity contribution in [3.63, 3.8) is 0 Å². The van der Waals surface area contributed by atoms with Crippen LogP contribution in [0.2, 0.25) is 5.02 Å². The summed E-state index contributed by atoms with van der Waals surface area (Å²) < 4.78 is 39.2. The zero-order valence-corrected chi connectivity index (χ0v) is 11.8. The standard InChI is InChI=1S/C12H8ClF3OS2/c13-8-3-1-7(2-4-8)10(17)9(12(14,15)16)11-18-5-6-19-11/h1-4H,5-6H2. The van der Waals surface area contributed by atoms with E-state index in [1.165, 1.54) is 24.3 Å². The fourth-order valence-electron chi connectivity index (χ4n) is 1.54. The number of thioether (sulfide) groups is 2. The molecule has 1 aliphatic rings. The number of ketones is 1. The predicted molar refractivity (Wildman–Crippen MR) is 73.8 cm³/mol. The van der Waals surface area contributed by atoms with Crippen LogP contribution in [0.5, 0.6) is 0 Å². The van der Waals surface area contributed by atoms with Gasteiger partial charge >= 0.3 is 6.18 Å². The van der Waals surface area contributed by atoms with E-state index >= 15 is 0 Å². The fourth-order valence-corrected chi connectivity index (χ4v) is 4.24. The van der Waals surface area contributed by atoms with Crippen LogP contribution in [0.3, 0.4) is 0 Å². The van der Waals surface area contributed by atoms with Crippen LogP contribution in [-0.2, 0) is 0 Å². The van der Waals surface area contributed by atoms with E-state index in [-0.39, 0.29) is 9.80 Å². The molecule has 0 spiro atoms. The van der Waals surface area contributed by atoms with Crippen molar-refractivity contribution >= 4 is 40.9 Å². The number of Topliss-reactive ketones (excluding diaryl/α,β-unsaturated/α-hetero) is 1. The first-order valence-corrected chi connectivity index (χ1v) is 7.62. The third-order valence-electron chi connectivity index (χ3n) is 2.37. The maximum Gasteiger partial charge on any atom is 0.421 e. The minimum atomic E-state index is -4.64. The Bertz CT molecular complexity index is 515. The monoisotopic (exact) mass is 324 g/mol. The first kappa shape index (κ1) is 14.8. The third kappa shape index (κ3) is 3.49. The van der Waals surface area contributed by atoms with Gasteiger partial charge in [0.1, 0.15) is 5.57 Å². The van der Waals surface area contributed by atoms with Gasteiger partial charge in [0.2, 0.25) is 0 Å². The molecule has 0 atom stereocenters. The summed E-state index contributed by atoms with van der Waals surface area (Å²) in [5.74, 6) is 0.182. The van der Waals surface area contributed by atoms with Gasteiger partial charge in [-0.05, 0) is 24.3 Å². The quantitative estimate of drug-likeness (QED) is 0.576. The first-order chi connectivity index (χ1) is 8.89. The summed E-state index contributed by atoms with van der Waals surface area (Å²) in [6.07, 6.45) is -4.64. The zero-order chi connectivity index (χ0) is 14.0. The second-order valence-corrected chi connectivity index (χ2v) is 6.60. The maximum absolute atomic E-state index is 13.1. The van der Waals surface area contributed by atoms with Gasteiger partial charge in [-0.2, -0.15) is 13.2 Å². The van der Waals surface area contributed by atoms with Gasteiger partial charge in [0.25, 0.3) is 0 Å². The van der Waals surface area contributed by atoms with E-state index in [9.17, 15) is 18.0 Å². The topological polar surface area (TPSA) is 17.1 Å². The van der Waals surface area contributed by atoms with E-state index in [1.54, 1.807) is 0 Å². The SMILES string of the molecule is O=C(C(=C1SCCS1)C(F)(F)F)c1ccc(Cl)cc1. The Kier molecular flexibility index (Phi) is 4.53. The molecule has 0 bridgehead atoms. The van der Waals surface area contributed by atoms with E-state index in [0.29, 0.717) is 16.5 Å². The molecule has 2 rings (SSSR count). The Labute approximate surface area is 121 Å². The second-order valence-electron chi connectivity index (χ2n) is 3.69. The van der Waals surface area contributed by atoms with Crippen LogP contribution in [0.1, 0.15) is 10.4 Å². The summed E-state index contributed by atoms with van der Waals surface area (Å²) in [7, 11) is 0. The lowest BCUT2D eigenvalue weighted by Crippen LogP contribution is -2.21. The van der Waals surface area contributed by atoms with Gasteiger partial charge in [-0.15, -0.1) is 23.5 Å². The molecule has 102 valence electrons. The van der Waals surface area contributed by atoms with E-state index in [2.05, 4.69) is 0 Å². The molecule has 0 radical (unpaired) electrons. The van der Waals surface area contributed by atoms with Crippen molar-refractivity contribution in [1.29, 1.82) is 0 Å². The lowest BCUT2D eigenvalue weighted by molar-refractivity contribution is -0.0887. The fraction of sp³-hybridized carbons (Fsp3) is 0.250. The Morgan fingerprint density at radius 3 is 2.11 bits per heavy atom. The highest BCUT2D eigenvalue weighted by Gasteiger charge is 2.42. The predicted octanol–water partition coefficient (Wildman–Crippen LogP) is 4.78. The Hall–Kier alpha value is -0.590. The number of hydrogen-bond acceptors (Lipinski definition) is 3. The van der Waals surface area contributed by atoms with Crippen molar-refractivity contribution in [2.45, 2.75) is 6.18 Å². The minimum Gasteiger partial charge on any atom is -0.289 e. The van der Waals surface area contributed by atoms with E-state index < -0.39 is 17.5 Å². The summed E-state index contributed by atoms with van der Waals surface area (Å²) >= 11 is 7.82. The van der Waals surface area contributed by atoms with Crippen molar-refractivity contribution in [2.75, 3.05) is 11.5 Å². The van der Waals surface area contributed by atoms with Crippen molar-refractivity contribution < 1.29 is 18.0 Å². The van der Waals surface area contributed by atoms with Gasteiger partial charge in [-0.1, -0.05) is 11.6 Å². The Balaban J connectivity index is 2.42. The van der Waals surface area contributed by atoms with Crippen molar-refractivity contribution in [3.8, 4) is 0 Å².